The van der Waals surface area contributed by atoms with Gasteiger partial charge in [-0.1, -0.05) is 18.5 Å². The first-order valence-electron chi connectivity index (χ1n) is 5.85. The van der Waals surface area contributed by atoms with Gasteiger partial charge in [0.2, 0.25) is 0 Å². The largest absolute Gasteiger partial charge is 0.486 e. The molecule has 4 heteroatoms. The average molecular weight is 271 g/mol. The zero-order chi connectivity index (χ0) is 12.0. The molecule has 1 aromatic rings. The summed E-state index contributed by atoms with van der Waals surface area (Å²) < 4.78 is 6.18. The summed E-state index contributed by atoms with van der Waals surface area (Å²) in [5, 5.41) is 10.9. The summed E-state index contributed by atoms with van der Waals surface area (Å²) in [6.45, 7) is 2.20. The number of thioether (sulfide) groups is 1. The predicted molar refractivity (Wildman–Crippen MR) is 70.9 cm³/mol. The summed E-state index contributed by atoms with van der Waals surface area (Å²) in [6, 6.07) is 5.50. The summed E-state index contributed by atoms with van der Waals surface area (Å²) in [5.41, 5.74) is 0.637. The van der Waals surface area contributed by atoms with Crippen LogP contribution in [0, 0.1) is 5.92 Å². The monoisotopic (exact) mass is 270 g/mol. The summed E-state index contributed by atoms with van der Waals surface area (Å²) in [5.74, 6) is 3.34. The molecule has 2 heterocycles. The number of benzene rings is 1. The second-order valence-electron chi connectivity index (χ2n) is 4.99. The summed E-state index contributed by atoms with van der Waals surface area (Å²) in [6.07, 6.45) is 0.215. The molecule has 1 N–H and O–H groups in total. The van der Waals surface area contributed by atoms with E-state index < -0.39 is 6.10 Å². The fourth-order valence-corrected chi connectivity index (χ4v) is 4.43. The van der Waals surface area contributed by atoms with Gasteiger partial charge in [0.1, 0.15) is 11.4 Å². The highest BCUT2D eigenvalue weighted by atomic mass is 35.5. The predicted octanol–water partition coefficient (Wildman–Crippen LogP) is 3.28. The van der Waals surface area contributed by atoms with Gasteiger partial charge in [-0.25, -0.2) is 0 Å². The second-order valence-corrected chi connectivity index (χ2v) is 6.45. The van der Waals surface area contributed by atoms with Gasteiger partial charge in [0.05, 0.1) is 6.10 Å². The van der Waals surface area contributed by atoms with Crippen LogP contribution in [-0.2, 0) is 0 Å². The smallest absolute Gasteiger partial charge is 0.126 e. The molecular weight excluding hydrogens is 256 g/mol. The number of ether oxygens (including phenoxy) is 1. The Morgan fingerprint density at radius 1 is 1.53 bits per heavy atom. The molecule has 0 radical (unpaired) electrons. The van der Waals surface area contributed by atoms with E-state index in [1.54, 1.807) is 6.07 Å². The van der Waals surface area contributed by atoms with Crippen LogP contribution in [-0.4, -0.2) is 22.2 Å². The van der Waals surface area contributed by atoms with Crippen LogP contribution < -0.4 is 4.74 Å². The molecule has 0 aromatic heterocycles. The van der Waals surface area contributed by atoms with E-state index >= 15 is 0 Å². The van der Waals surface area contributed by atoms with Crippen LogP contribution in [0.4, 0.5) is 0 Å². The van der Waals surface area contributed by atoms with Gasteiger partial charge < -0.3 is 9.84 Å². The lowest BCUT2D eigenvalue weighted by molar-refractivity contribution is -0.0224. The Morgan fingerprint density at radius 2 is 2.35 bits per heavy atom. The maximum atomic E-state index is 10.3. The first-order valence-corrected chi connectivity index (χ1v) is 7.38. The van der Waals surface area contributed by atoms with Crippen LogP contribution >= 0.6 is 23.4 Å². The molecule has 17 heavy (non-hydrogen) atoms. The van der Waals surface area contributed by atoms with Crippen LogP contribution in [0.3, 0.4) is 0 Å². The molecule has 0 saturated carbocycles. The van der Waals surface area contributed by atoms with Crippen molar-refractivity contribution in [3.63, 3.8) is 0 Å². The lowest BCUT2D eigenvalue weighted by atomic mass is 9.82. The molecule has 2 aliphatic rings. The summed E-state index contributed by atoms with van der Waals surface area (Å²) >= 11 is 7.86. The lowest BCUT2D eigenvalue weighted by Gasteiger charge is -2.40. The lowest BCUT2D eigenvalue weighted by Crippen LogP contribution is -2.46. The number of aliphatic hydroxyl groups is 1. The normalized spacial score (nSPS) is 35.7. The van der Waals surface area contributed by atoms with Crippen molar-refractivity contribution in [3.8, 4) is 5.75 Å². The number of hydrogen-bond acceptors (Lipinski definition) is 3. The van der Waals surface area contributed by atoms with E-state index in [1.807, 2.05) is 23.9 Å². The number of halogens is 1. The Morgan fingerprint density at radius 3 is 3.06 bits per heavy atom. The first kappa shape index (κ1) is 11.7. The minimum absolute atomic E-state index is 0.190. The van der Waals surface area contributed by atoms with E-state index in [1.165, 1.54) is 0 Å². The molecule has 0 bridgehead atoms. The van der Waals surface area contributed by atoms with Crippen molar-refractivity contribution in [2.45, 2.75) is 25.0 Å². The molecule has 1 spiro atoms. The van der Waals surface area contributed by atoms with Crippen LogP contribution in [0.5, 0.6) is 5.75 Å². The Hall–Kier alpha value is -0.380. The second kappa shape index (κ2) is 4.08. The topological polar surface area (TPSA) is 29.5 Å². The van der Waals surface area contributed by atoms with Crippen LogP contribution in [0.25, 0.3) is 0 Å². The maximum absolute atomic E-state index is 10.3. The molecule has 3 atom stereocenters. The highest BCUT2D eigenvalue weighted by molar-refractivity contribution is 7.99. The van der Waals surface area contributed by atoms with Crippen molar-refractivity contribution in [1.29, 1.82) is 0 Å². The van der Waals surface area contributed by atoms with Crippen molar-refractivity contribution in [3.05, 3.63) is 28.8 Å². The summed E-state index contributed by atoms with van der Waals surface area (Å²) in [7, 11) is 0. The minimum Gasteiger partial charge on any atom is -0.486 e. The molecule has 1 fully saturated rings. The average Bonchev–Trinajstić information content (AvgIpc) is 2.62. The van der Waals surface area contributed by atoms with E-state index in [0.29, 0.717) is 17.4 Å². The van der Waals surface area contributed by atoms with Crippen LogP contribution in [0.15, 0.2) is 18.2 Å². The van der Waals surface area contributed by atoms with Crippen molar-refractivity contribution < 1.29 is 9.84 Å². The van der Waals surface area contributed by atoms with E-state index in [2.05, 4.69) is 6.92 Å². The quantitative estimate of drug-likeness (QED) is 0.785. The van der Waals surface area contributed by atoms with Crippen molar-refractivity contribution in [2.75, 3.05) is 11.5 Å². The van der Waals surface area contributed by atoms with E-state index in [-0.39, 0.29) is 5.60 Å². The third kappa shape index (κ3) is 1.85. The van der Waals surface area contributed by atoms with Gasteiger partial charge in [-0.3, -0.25) is 0 Å². The Labute approximate surface area is 110 Å². The Balaban J connectivity index is 2.01. The van der Waals surface area contributed by atoms with E-state index in [4.69, 9.17) is 16.3 Å². The number of aliphatic hydroxyl groups excluding tert-OH is 1. The van der Waals surface area contributed by atoms with Gasteiger partial charge in [-0.05, 0) is 24.0 Å². The van der Waals surface area contributed by atoms with Gasteiger partial charge >= 0.3 is 0 Å². The molecule has 92 valence electrons. The SMILES string of the molecule is CC1CSCC12CC(O)c1cc(Cl)ccc1O2. The molecule has 3 unspecified atom stereocenters. The highest BCUT2D eigenvalue weighted by Gasteiger charge is 2.47. The number of rotatable bonds is 0. The van der Waals surface area contributed by atoms with Crippen molar-refractivity contribution >= 4 is 23.4 Å². The van der Waals surface area contributed by atoms with E-state index in [9.17, 15) is 5.11 Å². The molecule has 2 nitrogen and oxygen atoms in total. The zero-order valence-electron chi connectivity index (χ0n) is 9.65. The molecule has 0 aliphatic carbocycles. The molecule has 1 saturated heterocycles. The number of hydrogen-bond donors (Lipinski definition) is 1. The van der Waals surface area contributed by atoms with E-state index in [0.717, 1.165) is 22.8 Å². The fraction of sp³-hybridized carbons (Fsp3) is 0.538. The summed E-state index contributed by atoms with van der Waals surface area (Å²) in [4.78, 5) is 0. The van der Waals surface area contributed by atoms with Gasteiger partial charge in [0, 0.05) is 28.7 Å². The Kier molecular flexibility index (Phi) is 2.80. The van der Waals surface area contributed by atoms with Crippen molar-refractivity contribution in [1.82, 2.24) is 0 Å². The third-order valence-electron chi connectivity index (χ3n) is 3.80. The standard InChI is InChI=1S/C13H15ClO2S/c1-8-6-17-7-13(8)5-11(15)10-4-9(14)2-3-12(10)16-13/h2-4,8,11,15H,5-7H2,1H3. The van der Waals surface area contributed by atoms with Gasteiger partial charge in [-0.2, -0.15) is 11.8 Å². The third-order valence-corrected chi connectivity index (χ3v) is 5.46. The molecular formula is C13H15ClO2S. The first-order chi connectivity index (χ1) is 8.11. The zero-order valence-corrected chi connectivity index (χ0v) is 11.2. The molecule has 3 rings (SSSR count). The van der Waals surface area contributed by atoms with Crippen LogP contribution in [0.1, 0.15) is 25.0 Å². The highest BCUT2D eigenvalue weighted by Crippen LogP contribution is 2.48. The maximum Gasteiger partial charge on any atom is 0.126 e. The Bertz CT molecular complexity index is 451. The number of fused-ring (bicyclic) bond motifs is 1. The van der Waals surface area contributed by atoms with Crippen LogP contribution in [0.2, 0.25) is 5.02 Å². The van der Waals surface area contributed by atoms with Gasteiger partial charge in [0.25, 0.3) is 0 Å². The molecule has 0 amide bonds. The fourth-order valence-electron chi connectivity index (χ4n) is 2.66. The molecule has 1 aromatic carbocycles. The minimum atomic E-state index is -0.460. The van der Waals surface area contributed by atoms with Gasteiger partial charge in [0.15, 0.2) is 0 Å². The molecule has 2 aliphatic heterocycles. The van der Waals surface area contributed by atoms with Crippen molar-refractivity contribution in [2.24, 2.45) is 5.92 Å². The van der Waals surface area contributed by atoms with Gasteiger partial charge in [-0.15, -0.1) is 0 Å².